The second-order valence-electron chi connectivity index (χ2n) is 6.46. The monoisotopic (exact) mass is 366 g/mol. The van der Waals surface area contributed by atoms with Gasteiger partial charge in [-0.2, -0.15) is 0 Å². The van der Waals surface area contributed by atoms with Crippen LogP contribution in [0.1, 0.15) is 20.3 Å². The van der Waals surface area contributed by atoms with Gasteiger partial charge in [-0.25, -0.2) is 4.98 Å². The van der Waals surface area contributed by atoms with Gasteiger partial charge in [0, 0.05) is 23.1 Å². The number of nitrogens with zero attached hydrogens (tertiary/aromatic N) is 1. The number of aromatic nitrogens is 1. The number of methoxy groups -OCH3 is 1. The van der Waals surface area contributed by atoms with E-state index in [2.05, 4.69) is 5.32 Å². The normalized spacial score (nSPS) is 10.8. The van der Waals surface area contributed by atoms with Gasteiger partial charge in [0.2, 0.25) is 5.91 Å². The first kappa shape index (κ1) is 18.1. The van der Waals surface area contributed by atoms with Gasteiger partial charge in [0.1, 0.15) is 10.8 Å². The summed E-state index contributed by atoms with van der Waals surface area (Å²) in [6, 6.07) is 15.7. The Morgan fingerprint density at radius 2 is 1.88 bits per heavy atom. The molecular weight excluding hydrogens is 344 g/mol. The van der Waals surface area contributed by atoms with Gasteiger partial charge in [-0.1, -0.05) is 38.1 Å². The highest BCUT2D eigenvalue weighted by Gasteiger charge is 2.11. The minimum atomic E-state index is 0.0415. The number of amides is 1. The Morgan fingerprint density at radius 3 is 2.58 bits per heavy atom. The van der Waals surface area contributed by atoms with Crippen LogP contribution in [0.5, 0.6) is 5.75 Å². The lowest BCUT2D eigenvalue weighted by atomic mass is 10.1. The molecule has 1 N–H and O–H groups in total. The van der Waals surface area contributed by atoms with E-state index < -0.39 is 0 Å². The summed E-state index contributed by atoms with van der Waals surface area (Å²) in [5.41, 5.74) is 3.73. The maximum absolute atomic E-state index is 11.9. The molecule has 0 aliphatic rings. The molecule has 0 aliphatic heterocycles. The Kier molecular flexibility index (Phi) is 5.68. The Bertz CT molecular complexity index is 885. The van der Waals surface area contributed by atoms with Crippen LogP contribution in [0.2, 0.25) is 0 Å². The fraction of sp³-hybridized carbons (Fsp3) is 0.238. The molecule has 0 radical (unpaired) electrons. The van der Waals surface area contributed by atoms with Crippen LogP contribution in [-0.2, 0) is 4.79 Å². The van der Waals surface area contributed by atoms with E-state index in [0.717, 1.165) is 33.3 Å². The van der Waals surface area contributed by atoms with E-state index in [1.165, 1.54) is 0 Å². The Morgan fingerprint density at radius 1 is 1.15 bits per heavy atom. The molecule has 0 unspecified atom stereocenters. The molecule has 1 amide bonds. The highest BCUT2D eigenvalue weighted by molar-refractivity contribution is 7.13. The van der Waals surface area contributed by atoms with Crippen molar-refractivity contribution in [3.8, 4) is 27.6 Å². The number of carbonyl (C=O) groups is 1. The molecule has 0 saturated carbocycles. The van der Waals surface area contributed by atoms with E-state index in [1.54, 1.807) is 18.4 Å². The van der Waals surface area contributed by atoms with Crippen molar-refractivity contribution in [3.63, 3.8) is 0 Å². The summed E-state index contributed by atoms with van der Waals surface area (Å²) in [6.45, 7) is 4.06. The topological polar surface area (TPSA) is 51.2 Å². The van der Waals surface area contributed by atoms with Gasteiger partial charge in [-0.05, 0) is 30.2 Å². The number of rotatable bonds is 6. The first-order valence-corrected chi connectivity index (χ1v) is 9.44. The zero-order valence-corrected chi connectivity index (χ0v) is 16.0. The second kappa shape index (κ2) is 8.15. The van der Waals surface area contributed by atoms with E-state index in [9.17, 15) is 4.79 Å². The lowest BCUT2D eigenvalue weighted by Gasteiger charge is -2.07. The molecule has 0 spiro atoms. The Labute approximate surface area is 157 Å². The molecule has 0 saturated heterocycles. The van der Waals surface area contributed by atoms with Gasteiger partial charge in [0.15, 0.2) is 0 Å². The number of carbonyl (C=O) groups excluding carboxylic acids is 1. The number of thiazole rings is 1. The number of hydrogen-bond donors (Lipinski definition) is 1. The molecule has 134 valence electrons. The van der Waals surface area contributed by atoms with Crippen molar-refractivity contribution in [2.45, 2.75) is 20.3 Å². The Balaban J connectivity index is 1.76. The van der Waals surface area contributed by atoms with E-state index in [-0.39, 0.29) is 5.91 Å². The summed E-state index contributed by atoms with van der Waals surface area (Å²) in [5, 5.41) is 5.88. The summed E-state index contributed by atoms with van der Waals surface area (Å²) in [6.07, 6.45) is 0.524. The SMILES string of the molecule is COc1ccccc1-c1nc(-c2ccc(NC(=O)CC(C)C)cc2)cs1. The predicted molar refractivity (Wildman–Crippen MR) is 108 cm³/mol. The molecule has 4 nitrogen and oxygen atoms in total. The number of benzene rings is 2. The molecule has 3 rings (SSSR count). The minimum absolute atomic E-state index is 0.0415. The molecule has 0 aliphatic carbocycles. The lowest BCUT2D eigenvalue weighted by Crippen LogP contribution is -2.13. The molecule has 0 atom stereocenters. The van der Waals surface area contributed by atoms with Crippen molar-refractivity contribution in [1.29, 1.82) is 0 Å². The molecule has 0 fully saturated rings. The maximum Gasteiger partial charge on any atom is 0.224 e. The van der Waals surface area contributed by atoms with Crippen molar-refractivity contribution < 1.29 is 9.53 Å². The highest BCUT2D eigenvalue weighted by atomic mass is 32.1. The maximum atomic E-state index is 11.9. The predicted octanol–water partition coefficient (Wildman–Crippen LogP) is 5.47. The fourth-order valence-corrected chi connectivity index (χ4v) is 3.52. The standard InChI is InChI=1S/C21H22N2O2S/c1-14(2)12-20(24)22-16-10-8-15(9-11-16)18-13-26-21(23-18)17-6-4-5-7-19(17)25-3/h4-11,13-14H,12H2,1-3H3,(H,22,24). The number of para-hydroxylation sites is 1. The van der Waals surface area contributed by atoms with Gasteiger partial charge in [0.05, 0.1) is 18.4 Å². The number of ether oxygens (including phenoxy) is 1. The van der Waals surface area contributed by atoms with Crippen LogP contribution in [-0.4, -0.2) is 18.0 Å². The second-order valence-corrected chi connectivity index (χ2v) is 7.32. The minimum Gasteiger partial charge on any atom is -0.496 e. The van der Waals surface area contributed by atoms with Crippen molar-refractivity contribution in [2.75, 3.05) is 12.4 Å². The zero-order valence-electron chi connectivity index (χ0n) is 15.2. The summed E-state index contributed by atoms with van der Waals surface area (Å²) in [4.78, 5) is 16.6. The van der Waals surface area contributed by atoms with Crippen molar-refractivity contribution in [2.24, 2.45) is 5.92 Å². The molecule has 0 bridgehead atoms. The van der Waals surface area contributed by atoms with Gasteiger partial charge in [0.25, 0.3) is 0 Å². The van der Waals surface area contributed by atoms with Crippen molar-refractivity contribution in [3.05, 3.63) is 53.9 Å². The van der Waals surface area contributed by atoms with Crippen molar-refractivity contribution >= 4 is 22.9 Å². The zero-order chi connectivity index (χ0) is 18.5. The molecule has 2 aromatic carbocycles. The van der Waals surface area contributed by atoms with Gasteiger partial charge >= 0.3 is 0 Å². The molecule has 3 aromatic rings. The van der Waals surface area contributed by atoms with Gasteiger partial charge < -0.3 is 10.1 Å². The van der Waals surface area contributed by atoms with E-state index in [4.69, 9.17) is 9.72 Å². The van der Waals surface area contributed by atoms with E-state index in [0.29, 0.717) is 12.3 Å². The van der Waals surface area contributed by atoms with Gasteiger partial charge in [-0.3, -0.25) is 4.79 Å². The number of nitrogens with one attached hydrogen (secondary N) is 1. The molecule has 26 heavy (non-hydrogen) atoms. The summed E-state index contributed by atoms with van der Waals surface area (Å²) in [7, 11) is 1.67. The molecule has 1 aromatic heterocycles. The van der Waals surface area contributed by atoms with Crippen LogP contribution < -0.4 is 10.1 Å². The molecule has 5 heteroatoms. The number of hydrogen-bond acceptors (Lipinski definition) is 4. The lowest BCUT2D eigenvalue weighted by molar-refractivity contribution is -0.116. The number of anilines is 1. The third-order valence-corrected chi connectivity index (χ3v) is 4.78. The Hall–Kier alpha value is -2.66. The summed E-state index contributed by atoms with van der Waals surface area (Å²) in [5.74, 6) is 1.20. The van der Waals surface area contributed by atoms with Crippen LogP contribution in [0.4, 0.5) is 5.69 Å². The first-order chi connectivity index (χ1) is 12.6. The highest BCUT2D eigenvalue weighted by Crippen LogP contribution is 2.34. The van der Waals surface area contributed by atoms with Crippen LogP contribution in [0.3, 0.4) is 0 Å². The van der Waals surface area contributed by atoms with E-state index in [1.807, 2.05) is 67.8 Å². The largest absolute Gasteiger partial charge is 0.496 e. The smallest absolute Gasteiger partial charge is 0.224 e. The quantitative estimate of drug-likeness (QED) is 0.629. The average molecular weight is 366 g/mol. The van der Waals surface area contributed by atoms with E-state index >= 15 is 0 Å². The van der Waals surface area contributed by atoms with Crippen LogP contribution >= 0.6 is 11.3 Å². The van der Waals surface area contributed by atoms with Gasteiger partial charge in [-0.15, -0.1) is 11.3 Å². The van der Waals surface area contributed by atoms with Crippen LogP contribution in [0, 0.1) is 5.92 Å². The molecular formula is C21H22N2O2S. The van der Waals surface area contributed by atoms with Crippen LogP contribution in [0.15, 0.2) is 53.9 Å². The average Bonchev–Trinajstić information content (AvgIpc) is 3.11. The third-order valence-electron chi connectivity index (χ3n) is 3.90. The third kappa shape index (κ3) is 4.29. The summed E-state index contributed by atoms with van der Waals surface area (Å²) < 4.78 is 5.42. The summed E-state index contributed by atoms with van der Waals surface area (Å²) >= 11 is 1.59. The first-order valence-electron chi connectivity index (χ1n) is 8.56. The van der Waals surface area contributed by atoms with Crippen LogP contribution in [0.25, 0.3) is 21.8 Å². The fourth-order valence-electron chi connectivity index (χ4n) is 2.66. The molecule has 1 heterocycles. The van der Waals surface area contributed by atoms with Crippen molar-refractivity contribution in [1.82, 2.24) is 4.98 Å².